The number of hydrogen-bond donors (Lipinski definition) is 1. The van der Waals surface area contributed by atoms with Crippen LogP contribution in [0.1, 0.15) is 48.3 Å². The molecule has 1 N–H and O–H groups in total. The van der Waals surface area contributed by atoms with E-state index < -0.39 is 0 Å². The first-order valence-electron chi connectivity index (χ1n) is 7.45. The second-order valence-electron chi connectivity index (χ2n) is 5.54. The third kappa shape index (κ3) is 3.21. The first-order chi connectivity index (χ1) is 10.2. The lowest BCUT2D eigenvalue weighted by molar-refractivity contribution is 0.101. The Balaban J connectivity index is 1.83. The molecular formula is C17H19BrN2O. The smallest absolute Gasteiger partial charge is 0.272 e. The number of aryl methyl sites for hydroxylation is 1. The van der Waals surface area contributed by atoms with Gasteiger partial charge >= 0.3 is 0 Å². The molecule has 1 aliphatic carbocycles. The lowest BCUT2D eigenvalue weighted by atomic mass is 10.1. The number of aromatic nitrogens is 1. The van der Waals surface area contributed by atoms with E-state index in [4.69, 9.17) is 0 Å². The Morgan fingerprint density at radius 3 is 2.86 bits per heavy atom. The predicted molar refractivity (Wildman–Crippen MR) is 88.8 cm³/mol. The molecular weight excluding hydrogens is 328 g/mol. The van der Waals surface area contributed by atoms with Gasteiger partial charge in [-0.1, -0.05) is 31.5 Å². The Morgan fingerprint density at radius 2 is 2.14 bits per heavy atom. The average Bonchev–Trinajstić information content (AvgIpc) is 3.24. The third-order valence-electron chi connectivity index (χ3n) is 3.77. The van der Waals surface area contributed by atoms with Gasteiger partial charge in [0.25, 0.3) is 5.91 Å². The fourth-order valence-corrected chi connectivity index (χ4v) is 3.04. The molecule has 0 bridgehead atoms. The van der Waals surface area contributed by atoms with Gasteiger partial charge < -0.3 is 9.88 Å². The molecule has 1 saturated carbocycles. The Kier molecular flexibility index (Phi) is 4.15. The van der Waals surface area contributed by atoms with Crippen LogP contribution in [0.25, 0.3) is 0 Å². The van der Waals surface area contributed by atoms with E-state index in [1.807, 2.05) is 30.5 Å². The van der Waals surface area contributed by atoms with E-state index in [-0.39, 0.29) is 5.91 Å². The molecule has 0 unspecified atom stereocenters. The van der Waals surface area contributed by atoms with Crippen molar-refractivity contribution in [2.24, 2.45) is 0 Å². The molecule has 0 spiro atoms. The van der Waals surface area contributed by atoms with Crippen molar-refractivity contribution >= 4 is 27.5 Å². The normalized spacial score (nSPS) is 14.2. The Hall–Kier alpha value is -1.55. The summed E-state index contributed by atoms with van der Waals surface area (Å²) < 4.78 is 3.04. The molecule has 0 saturated heterocycles. The summed E-state index contributed by atoms with van der Waals surface area (Å²) in [7, 11) is 0. The first-order valence-corrected chi connectivity index (χ1v) is 8.25. The summed E-state index contributed by atoms with van der Waals surface area (Å²) in [6.45, 7) is 2.15. The minimum absolute atomic E-state index is 0.0313. The minimum atomic E-state index is -0.0313. The summed E-state index contributed by atoms with van der Waals surface area (Å²) in [4.78, 5) is 12.6. The lowest BCUT2D eigenvalue weighted by Gasteiger charge is -2.12. The van der Waals surface area contributed by atoms with Gasteiger partial charge in [0.15, 0.2) is 0 Å². The van der Waals surface area contributed by atoms with Crippen LogP contribution in [-0.2, 0) is 6.42 Å². The van der Waals surface area contributed by atoms with E-state index in [0.717, 1.165) is 41.5 Å². The Morgan fingerprint density at radius 1 is 1.38 bits per heavy atom. The second-order valence-corrected chi connectivity index (χ2v) is 6.46. The van der Waals surface area contributed by atoms with Crippen molar-refractivity contribution in [2.45, 2.75) is 38.6 Å². The first kappa shape index (κ1) is 14.4. The van der Waals surface area contributed by atoms with E-state index in [9.17, 15) is 4.79 Å². The summed E-state index contributed by atoms with van der Waals surface area (Å²) in [5, 5.41) is 3.07. The van der Waals surface area contributed by atoms with Gasteiger partial charge in [0.05, 0.1) is 0 Å². The van der Waals surface area contributed by atoms with Crippen molar-refractivity contribution in [3.63, 3.8) is 0 Å². The number of nitrogens with one attached hydrogen (secondary N) is 1. The number of para-hydroxylation sites is 1. The van der Waals surface area contributed by atoms with Crippen LogP contribution in [0.4, 0.5) is 5.69 Å². The van der Waals surface area contributed by atoms with Crippen molar-refractivity contribution in [1.82, 2.24) is 4.57 Å². The third-order valence-corrected chi connectivity index (χ3v) is 4.21. The lowest BCUT2D eigenvalue weighted by Crippen LogP contribution is -2.17. The molecule has 3 rings (SSSR count). The topological polar surface area (TPSA) is 34.0 Å². The number of carbonyl (C=O) groups excluding carboxylic acids is 1. The molecule has 21 heavy (non-hydrogen) atoms. The molecule has 0 atom stereocenters. The number of amides is 1. The Labute approximate surface area is 133 Å². The van der Waals surface area contributed by atoms with Crippen LogP contribution >= 0.6 is 15.9 Å². The van der Waals surface area contributed by atoms with Gasteiger partial charge in [0.1, 0.15) is 5.69 Å². The van der Waals surface area contributed by atoms with Crippen LogP contribution in [0, 0.1) is 0 Å². The number of rotatable bonds is 5. The van der Waals surface area contributed by atoms with Gasteiger partial charge in [-0.15, -0.1) is 0 Å². The average molecular weight is 347 g/mol. The zero-order valence-electron chi connectivity index (χ0n) is 12.1. The maximum Gasteiger partial charge on any atom is 0.272 e. The summed E-state index contributed by atoms with van der Waals surface area (Å²) in [6.07, 6.45) is 6.37. The monoisotopic (exact) mass is 346 g/mol. The van der Waals surface area contributed by atoms with Crippen LogP contribution in [0.2, 0.25) is 0 Å². The highest BCUT2D eigenvalue weighted by Gasteiger charge is 2.27. The number of benzene rings is 1. The molecule has 1 aromatic carbocycles. The van der Waals surface area contributed by atoms with Gasteiger partial charge in [-0.2, -0.15) is 0 Å². The molecule has 3 nitrogen and oxygen atoms in total. The molecule has 1 aliphatic rings. The number of anilines is 1. The molecule has 0 radical (unpaired) electrons. The maximum atomic E-state index is 12.6. The molecule has 110 valence electrons. The predicted octanol–water partition coefficient (Wildman–Crippen LogP) is 4.79. The fourth-order valence-electron chi connectivity index (χ4n) is 2.60. The summed E-state index contributed by atoms with van der Waals surface area (Å²) in [6, 6.07) is 10.4. The van der Waals surface area contributed by atoms with E-state index in [2.05, 4.69) is 38.8 Å². The molecule has 1 aromatic heterocycles. The number of hydrogen-bond acceptors (Lipinski definition) is 1. The van der Waals surface area contributed by atoms with Crippen molar-refractivity contribution < 1.29 is 4.79 Å². The standard InChI is InChI=1S/C17H19BrN2O/c1-2-5-12-6-3-4-7-15(12)19-17(21)16-10-13(18)11-20(16)14-8-9-14/h3-4,6-7,10-11,14H,2,5,8-9H2,1H3,(H,19,21). The van der Waals surface area contributed by atoms with Crippen molar-refractivity contribution in [1.29, 1.82) is 0 Å². The minimum Gasteiger partial charge on any atom is -0.339 e. The summed E-state index contributed by atoms with van der Waals surface area (Å²) in [5.74, 6) is -0.0313. The van der Waals surface area contributed by atoms with Crippen molar-refractivity contribution in [3.05, 3.63) is 52.3 Å². The van der Waals surface area contributed by atoms with Crippen molar-refractivity contribution in [3.8, 4) is 0 Å². The summed E-state index contributed by atoms with van der Waals surface area (Å²) in [5.41, 5.74) is 2.84. The van der Waals surface area contributed by atoms with Crippen molar-refractivity contribution in [2.75, 3.05) is 5.32 Å². The second kappa shape index (κ2) is 6.06. The van der Waals surface area contributed by atoms with Crippen LogP contribution < -0.4 is 5.32 Å². The Bertz CT molecular complexity index is 659. The van der Waals surface area contributed by atoms with E-state index in [0.29, 0.717) is 6.04 Å². The van der Waals surface area contributed by atoms with E-state index >= 15 is 0 Å². The molecule has 1 amide bonds. The van der Waals surface area contributed by atoms with Gasteiger partial charge in [0.2, 0.25) is 0 Å². The zero-order valence-corrected chi connectivity index (χ0v) is 13.7. The molecule has 4 heteroatoms. The van der Waals surface area contributed by atoms with Gasteiger partial charge in [-0.05, 0) is 52.9 Å². The molecule has 1 heterocycles. The van der Waals surface area contributed by atoms with Crippen LogP contribution in [0.5, 0.6) is 0 Å². The van der Waals surface area contributed by atoms with Gasteiger partial charge in [0, 0.05) is 22.4 Å². The fraction of sp³-hybridized carbons (Fsp3) is 0.353. The summed E-state index contributed by atoms with van der Waals surface area (Å²) >= 11 is 3.47. The van der Waals surface area contributed by atoms with Gasteiger partial charge in [-0.25, -0.2) is 0 Å². The van der Waals surface area contributed by atoms with Gasteiger partial charge in [-0.3, -0.25) is 4.79 Å². The number of carbonyl (C=O) groups is 1. The maximum absolute atomic E-state index is 12.6. The molecule has 2 aromatic rings. The molecule has 1 fully saturated rings. The van der Waals surface area contributed by atoms with Crippen LogP contribution in [-0.4, -0.2) is 10.5 Å². The van der Waals surface area contributed by atoms with E-state index in [1.165, 1.54) is 5.56 Å². The zero-order chi connectivity index (χ0) is 14.8. The highest BCUT2D eigenvalue weighted by Crippen LogP contribution is 2.37. The number of halogens is 1. The van der Waals surface area contributed by atoms with Crippen LogP contribution in [0.3, 0.4) is 0 Å². The highest BCUT2D eigenvalue weighted by molar-refractivity contribution is 9.10. The highest BCUT2D eigenvalue weighted by atomic mass is 79.9. The quantitative estimate of drug-likeness (QED) is 0.829. The molecule has 0 aliphatic heterocycles. The van der Waals surface area contributed by atoms with Crippen LogP contribution in [0.15, 0.2) is 41.0 Å². The largest absolute Gasteiger partial charge is 0.339 e. The number of nitrogens with zero attached hydrogens (tertiary/aromatic N) is 1. The van der Waals surface area contributed by atoms with E-state index in [1.54, 1.807) is 0 Å². The SMILES string of the molecule is CCCc1ccccc1NC(=O)c1cc(Br)cn1C1CC1.